The van der Waals surface area contributed by atoms with Crippen molar-refractivity contribution >= 4 is 5.95 Å². The lowest BCUT2D eigenvalue weighted by atomic mass is 10.2. The number of aromatic nitrogens is 2. The third kappa shape index (κ3) is 6.40. The average molecular weight is 293 g/mol. The molecule has 0 atom stereocenters. The molecule has 0 amide bonds. The summed E-state index contributed by atoms with van der Waals surface area (Å²) in [7, 11) is 4.21. The van der Waals surface area contributed by atoms with E-state index in [9.17, 15) is 0 Å². The highest BCUT2D eigenvalue weighted by atomic mass is 15.2. The van der Waals surface area contributed by atoms with Crippen molar-refractivity contribution in [3.8, 4) is 0 Å². The molecular weight excluding hydrogens is 262 g/mol. The second kappa shape index (κ2) is 8.95. The molecule has 0 fully saturated rings. The normalized spacial score (nSPS) is 11.4. The zero-order valence-corrected chi connectivity index (χ0v) is 14.5. The first-order chi connectivity index (χ1) is 9.93. The molecule has 5 nitrogen and oxygen atoms in total. The first-order valence-corrected chi connectivity index (χ1v) is 7.89. The van der Waals surface area contributed by atoms with Gasteiger partial charge in [-0.2, -0.15) is 0 Å². The monoisotopic (exact) mass is 293 g/mol. The summed E-state index contributed by atoms with van der Waals surface area (Å²) < 4.78 is 0. The van der Waals surface area contributed by atoms with Crippen molar-refractivity contribution in [1.82, 2.24) is 20.2 Å². The minimum absolute atomic E-state index is 0.474. The zero-order chi connectivity index (χ0) is 15.8. The van der Waals surface area contributed by atoms with Crippen molar-refractivity contribution in [2.75, 3.05) is 38.6 Å². The predicted octanol–water partition coefficient (Wildman–Crippen LogP) is 2.06. The van der Waals surface area contributed by atoms with Gasteiger partial charge in [-0.05, 0) is 40.9 Å². The SMILES string of the molecule is CCN(CCCN(C)C)c1ncc(CNC(C)C)c(C)n1. The third-order valence-electron chi connectivity index (χ3n) is 3.47. The van der Waals surface area contributed by atoms with Crippen molar-refractivity contribution in [2.45, 2.75) is 46.7 Å². The number of aryl methyl sites for hydroxylation is 1. The van der Waals surface area contributed by atoms with E-state index in [4.69, 9.17) is 0 Å². The Morgan fingerprint density at radius 3 is 2.48 bits per heavy atom. The Hall–Kier alpha value is -1.20. The standard InChI is InChI=1S/C16H31N5/c1-7-21(10-8-9-20(5)6)16-18-12-15(14(4)19-16)11-17-13(2)3/h12-13,17H,7-11H2,1-6H3. The van der Waals surface area contributed by atoms with Crippen molar-refractivity contribution in [3.05, 3.63) is 17.5 Å². The number of nitrogens with one attached hydrogen (secondary N) is 1. The van der Waals surface area contributed by atoms with Gasteiger partial charge in [-0.1, -0.05) is 13.8 Å². The summed E-state index contributed by atoms with van der Waals surface area (Å²) in [5, 5.41) is 3.41. The van der Waals surface area contributed by atoms with Crippen molar-refractivity contribution < 1.29 is 0 Å². The Morgan fingerprint density at radius 2 is 1.95 bits per heavy atom. The van der Waals surface area contributed by atoms with Gasteiger partial charge in [0.2, 0.25) is 5.95 Å². The molecule has 0 spiro atoms. The molecule has 1 rings (SSSR count). The molecule has 5 heteroatoms. The first-order valence-electron chi connectivity index (χ1n) is 7.89. The molecule has 0 aliphatic heterocycles. The molecule has 0 radical (unpaired) electrons. The van der Waals surface area contributed by atoms with Gasteiger partial charge in [0.05, 0.1) is 0 Å². The van der Waals surface area contributed by atoms with Crippen LogP contribution >= 0.6 is 0 Å². The van der Waals surface area contributed by atoms with Crippen molar-refractivity contribution in [2.24, 2.45) is 0 Å². The minimum Gasteiger partial charge on any atom is -0.341 e. The molecule has 21 heavy (non-hydrogen) atoms. The Bertz CT molecular complexity index is 417. The van der Waals surface area contributed by atoms with Crippen LogP contribution in [0.5, 0.6) is 0 Å². The smallest absolute Gasteiger partial charge is 0.225 e. The second-order valence-electron chi connectivity index (χ2n) is 6.05. The molecular formula is C16H31N5. The highest BCUT2D eigenvalue weighted by Gasteiger charge is 2.10. The average Bonchev–Trinajstić information content (AvgIpc) is 2.42. The Kier molecular flexibility index (Phi) is 7.61. The molecule has 1 aromatic rings. The maximum atomic E-state index is 4.68. The lowest BCUT2D eigenvalue weighted by Gasteiger charge is -2.22. The van der Waals surface area contributed by atoms with E-state index in [2.05, 4.69) is 66.9 Å². The first kappa shape index (κ1) is 17.9. The van der Waals surface area contributed by atoms with E-state index in [0.717, 1.165) is 44.2 Å². The third-order valence-corrected chi connectivity index (χ3v) is 3.47. The molecule has 0 unspecified atom stereocenters. The summed E-state index contributed by atoms with van der Waals surface area (Å²) >= 11 is 0. The fourth-order valence-electron chi connectivity index (χ4n) is 2.10. The van der Waals surface area contributed by atoms with Crippen LogP contribution in [0.3, 0.4) is 0 Å². The molecule has 0 saturated heterocycles. The second-order valence-corrected chi connectivity index (χ2v) is 6.05. The van der Waals surface area contributed by atoms with E-state index < -0.39 is 0 Å². The van der Waals surface area contributed by atoms with Crippen LogP contribution < -0.4 is 10.2 Å². The fourth-order valence-corrected chi connectivity index (χ4v) is 2.10. The van der Waals surface area contributed by atoms with Gasteiger partial charge in [-0.3, -0.25) is 0 Å². The molecule has 0 aromatic carbocycles. The largest absolute Gasteiger partial charge is 0.341 e. The fraction of sp³-hybridized carbons (Fsp3) is 0.750. The summed E-state index contributed by atoms with van der Waals surface area (Å²) in [6.07, 6.45) is 3.08. The zero-order valence-electron chi connectivity index (χ0n) is 14.5. The van der Waals surface area contributed by atoms with E-state index in [1.807, 2.05) is 6.20 Å². The van der Waals surface area contributed by atoms with E-state index in [1.165, 1.54) is 5.56 Å². The number of hydrogen-bond donors (Lipinski definition) is 1. The van der Waals surface area contributed by atoms with E-state index >= 15 is 0 Å². The Labute approximate surface area is 129 Å². The van der Waals surface area contributed by atoms with Gasteiger partial charge in [0.15, 0.2) is 0 Å². The molecule has 0 aliphatic carbocycles. The molecule has 1 aromatic heterocycles. The molecule has 0 aliphatic rings. The Balaban J connectivity index is 2.66. The number of hydrogen-bond acceptors (Lipinski definition) is 5. The number of anilines is 1. The van der Waals surface area contributed by atoms with Crippen LogP contribution in [-0.2, 0) is 6.54 Å². The van der Waals surface area contributed by atoms with E-state index in [-0.39, 0.29) is 0 Å². The number of rotatable bonds is 9. The van der Waals surface area contributed by atoms with Crippen LogP contribution in [0.15, 0.2) is 6.20 Å². The van der Waals surface area contributed by atoms with E-state index in [1.54, 1.807) is 0 Å². The van der Waals surface area contributed by atoms with E-state index in [0.29, 0.717) is 6.04 Å². The lowest BCUT2D eigenvalue weighted by molar-refractivity contribution is 0.400. The molecule has 0 bridgehead atoms. The molecule has 120 valence electrons. The summed E-state index contributed by atoms with van der Waals surface area (Å²) in [4.78, 5) is 13.7. The maximum Gasteiger partial charge on any atom is 0.225 e. The highest BCUT2D eigenvalue weighted by molar-refractivity contribution is 5.32. The highest BCUT2D eigenvalue weighted by Crippen LogP contribution is 2.12. The maximum absolute atomic E-state index is 4.68. The van der Waals surface area contributed by atoms with Gasteiger partial charge in [-0.15, -0.1) is 0 Å². The van der Waals surface area contributed by atoms with Gasteiger partial charge in [0, 0.05) is 43.1 Å². The topological polar surface area (TPSA) is 44.3 Å². The van der Waals surface area contributed by atoms with Crippen molar-refractivity contribution in [1.29, 1.82) is 0 Å². The summed E-state index contributed by atoms with van der Waals surface area (Å²) in [6, 6.07) is 0.474. The molecule has 0 saturated carbocycles. The summed E-state index contributed by atoms with van der Waals surface area (Å²) in [5.74, 6) is 0.849. The minimum atomic E-state index is 0.474. The van der Waals surface area contributed by atoms with Crippen molar-refractivity contribution in [3.63, 3.8) is 0 Å². The predicted molar refractivity (Wildman–Crippen MR) is 89.8 cm³/mol. The van der Waals surface area contributed by atoms with Crippen LogP contribution in [0.25, 0.3) is 0 Å². The quantitative estimate of drug-likeness (QED) is 0.755. The summed E-state index contributed by atoms with van der Waals surface area (Å²) in [6.45, 7) is 12.4. The van der Waals surface area contributed by atoms with Crippen LogP contribution in [0.1, 0.15) is 38.4 Å². The summed E-state index contributed by atoms with van der Waals surface area (Å²) in [5.41, 5.74) is 2.25. The molecule has 1 heterocycles. The van der Waals surface area contributed by atoms with Gasteiger partial charge in [-0.25, -0.2) is 9.97 Å². The van der Waals surface area contributed by atoms with Crippen LogP contribution in [0.4, 0.5) is 5.95 Å². The number of nitrogens with zero attached hydrogens (tertiary/aromatic N) is 4. The van der Waals surface area contributed by atoms with Crippen LogP contribution in [0.2, 0.25) is 0 Å². The lowest BCUT2D eigenvalue weighted by Crippen LogP contribution is -2.29. The van der Waals surface area contributed by atoms with Crippen LogP contribution in [0, 0.1) is 6.92 Å². The van der Waals surface area contributed by atoms with Gasteiger partial charge < -0.3 is 15.1 Å². The van der Waals surface area contributed by atoms with Gasteiger partial charge in [0.1, 0.15) is 0 Å². The molecule has 1 N–H and O–H groups in total. The van der Waals surface area contributed by atoms with Crippen LogP contribution in [-0.4, -0.2) is 54.6 Å². The Morgan fingerprint density at radius 1 is 1.24 bits per heavy atom. The van der Waals surface area contributed by atoms with Gasteiger partial charge >= 0.3 is 0 Å². The van der Waals surface area contributed by atoms with Gasteiger partial charge in [0.25, 0.3) is 0 Å².